The number of aliphatic hydroxyl groups excluding tert-OH is 1. The van der Waals surface area contributed by atoms with Gasteiger partial charge in [-0.1, -0.05) is 68.2 Å². The molecule has 1 heterocycles. The summed E-state index contributed by atoms with van der Waals surface area (Å²) >= 11 is 0. The summed E-state index contributed by atoms with van der Waals surface area (Å²) in [6, 6.07) is 0. The molecule has 3 rings (SSSR count). The fourth-order valence-corrected chi connectivity index (χ4v) is 9.12. The highest BCUT2D eigenvalue weighted by atomic mass is 16.3. The Morgan fingerprint density at radius 1 is 0.941 bits per heavy atom. The Labute approximate surface area is 213 Å². The van der Waals surface area contributed by atoms with Crippen LogP contribution in [0.25, 0.3) is 0 Å². The summed E-state index contributed by atoms with van der Waals surface area (Å²) < 4.78 is 0. The largest absolute Gasteiger partial charge is 0.393 e. The van der Waals surface area contributed by atoms with Crippen molar-refractivity contribution in [2.75, 3.05) is 13.1 Å². The maximum atomic E-state index is 11.4. The Balaban J connectivity index is 1.63. The Bertz CT molecular complexity index is 625. The Hall–Kier alpha value is -0.0800. The van der Waals surface area contributed by atoms with Gasteiger partial charge in [0.2, 0.25) is 0 Å². The molecule has 2 aliphatic carbocycles. The molecule has 200 valence electrons. The average molecular weight is 476 g/mol. The van der Waals surface area contributed by atoms with Gasteiger partial charge in [-0.05, 0) is 129 Å². The van der Waals surface area contributed by atoms with Gasteiger partial charge in [0.15, 0.2) is 0 Å². The third-order valence-electron chi connectivity index (χ3n) is 12.6. The molecular formula is C32H61NO. The first-order valence-corrected chi connectivity index (χ1v) is 15.4. The van der Waals surface area contributed by atoms with Gasteiger partial charge in [-0.15, -0.1) is 0 Å². The first-order chi connectivity index (χ1) is 16.0. The summed E-state index contributed by atoms with van der Waals surface area (Å²) in [6.45, 7) is 22.0. The summed E-state index contributed by atoms with van der Waals surface area (Å²) in [6.07, 6.45) is 15.6. The van der Waals surface area contributed by atoms with E-state index in [-0.39, 0.29) is 6.10 Å². The molecule has 2 N–H and O–H groups in total. The van der Waals surface area contributed by atoms with Crippen LogP contribution >= 0.6 is 0 Å². The number of hydrogen-bond donors (Lipinski definition) is 2. The highest BCUT2D eigenvalue weighted by Crippen LogP contribution is 2.59. The van der Waals surface area contributed by atoms with Crippen LogP contribution in [0, 0.1) is 51.8 Å². The van der Waals surface area contributed by atoms with Gasteiger partial charge in [-0.3, -0.25) is 0 Å². The van der Waals surface area contributed by atoms with Crippen molar-refractivity contribution in [2.24, 2.45) is 51.8 Å². The van der Waals surface area contributed by atoms with Crippen molar-refractivity contribution in [1.82, 2.24) is 5.32 Å². The zero-order chi connectivity index (χ0) is 25.1. The van der Waals surface area contributed by atoms with Crippen molar-refractivity contribution in [3.63, 3.8) is 0 Å². The summed E-state index contributed by atoms with van der Waals surface area (Å²) in [5.41, 5.74) is 1.41. The summed E-state index contributed by atoms with van der Waals surface area (Å²) in [7, 11) is 0. The lowest BCUT2D eigenvalue weighted by Gasteiger charge is -2.55. The minimum absolute atomic E-state index is 0.0796. The molecule has 34 heavy (non-hydrogen) atoms. The van der Waals surface area contributed by atoms with Gasteiger partial charge >= 0.3 is 0 Å². The number of aliphatic hydroxyl groups is 1. The predicted molar refractivity (Wildman–Crippen MR) is 148 cm³/mol. The van der Waals surface area contributed by atoms with Crippen molar-refractivity contribution in [1.29, 1.82) is 0 Å². The van der Waals surface area contributed by atoms with Gasteiger partial charge in [0.05, 0.1) is 6.10 Å². The quantitative estimate of drug-likeness (QED) is 0.369. The molecule has 3 aliphatic rings. The van der Waals surface area contributed by atoms with E-state index in [2.05, 4.69) is 60.7 Å². The number of fused-ring (bicyclic) bond motifs is 1. The van der Waals surface area contributed by atoms with E-state index in [4.69, 9.17) is 0 Å². The van der Waals surface area contributed by atoms with E-state index in [9.17, 15) is 5.11 Å². The van der Waals surface area contributed by atoms with E-state index in [0.29, 0.717) is 28.1 Å². The molecular weight excluding hydrogens is 414 g/mol. The van der Waals surface area contributed by atoms with Gasteiger partial charge in [0, 0.05) is 0 Å². The smallest absolute Gasteiger partial charge is 0.0574 e. The maximum Gasteiger partial charge on any atom is 0.0574 e. The summed E-state index contributed by atoms with van der Waals surface area (Å²) in [5, 5.41) is 15.4. The van der Waals surface area contributed by atoms with Crippen LogP contribution in [0.15, 0.2) is 0 Å². The number of hydrogen-bond acceptors (Lipinski definition) is 2. The topological polar surface area (TPSA) is 32.3 Å². The first-order valence-electron chi connectivity index (χ1n) is 15.4. The fraction of sp³-hybridized carbons (Fsp3) is 1.00. The lowest BCUT2D eigenvalue weighted by molar-refractivity contribution is -0.0682. The molecule has 2 saturated carbocycles. The molecule has 0 aromatic heterocycles. The molecule has 0 amide bonds. The molecule has 0 aromatic carbocycles. The SMILES string of the molecule is CCC(C)C(C)(CC)CC1CCC2C(O)CC(C3CCC(C)(C)C(CC)(CC)C3)CC2CNC1. The van der Waals surface area contributed by atoms with E-state index in [0.717, 1.165) is 36.6 Å². The third-order valence-corrected chi connectivity index (χ3v) is 12.6. The standard InChI is InChI=1S/C32H61NO/c1-9-23(5)31(8,10-2)19-24-13-14-28-27(22-33-21-24)17-26(18-29(28)34)25-15-16-30(6,7)32(11-3,12-4)20-25/h23-29,33-34H,9-22H2,1-8H3. The molecule has 1 saturated heterocycles. The zero-order valence-electron chi connectivity index (χ0n) is 24.4. The second-order valence-corrected chi connectivity index (χ2v) is 14.2. The van der Waals surface area contributed by atoms with E-state index in [1.54, 1.807) is 0 Å². The van der Waals surface area contributed by atoms with Crippen molar-refractivity contribution >= 4 is 0 Å². The van der Waals surface area contributed by atoms with Crippen LogP contribution in [0.3, 0.4) is 0 Å². The highest BCUT2D eigenvalue weighted by Gasteiger charge is 2.50. The van der Waals surface area contributed by atoms with Crippen molar-refractivity contribution in [2.45, 2.75) is 139 Å². The molecule has 2 nitrogen and oxygen atoms in total. The van der Waals surface area contributed by atoms with Crippen LogP contribution in [0.1, 0.15) is 132 Å². The molecule has 0 radical (unpaired) electrons. The monoisotopic (exact) mass is 475 g/mol. The van der Waals surface area contributed by atoms with Crippen LogP contribution < -0.4 is 5.32 Å². The zero-order valence-corrected chi connectivity index (χ0v) is 24.4. The van der Waals surface area contributed by atoms with Crippen molar-refractivity contribution in [3.8, 4) is 0 Å². The number of nitrogens with one attached hydrogen (secondary N) is 1. The Morgan fingerprint density at radius 2 is 1.65 bits per heavy atom. The minimum Gasteiger partial charge on any atom is -0.393 e. The van der Waals surface area contributed by atoms with Gasteiger partial charge in [0.25, 0.3) is 0 Å². The van der Waals surface area contributed by atoms with Crippen LogP contribution in [0.4, 0.5) is 0 Å². The Morgan fingerprint density at radius 3 is 2.26 bits per heavy atom. The highest BCUT2D eigenvalue weighted by molar-refractivity contribution is 5.00. The molecule has 8 atom stereocenters. The lowest BCUT2D eigenvalue weighted by Crippen LogP contribution is -2.48. The van der Waals surface area contributed by atoms with E-state index >= 15 is 0 Å². The molecule has 1 aliphatic heterocycles. The summed E-state index contributed by atoms with van der Waals surface area (Å²) in [5.74, 6) is 4.30. The Kier molecular flexibility index (Phi) is 9.67. The van der Waals surface area contributed by atoms with E-state index in [1.165, 1.54) is 77.2 Å². The predicted octanol–water partition coefficient (Wildman–Crippen LogP) is 8.47. The molecule has 3 fully saturated rings. The van der Waals surface area contributed by atoms with Gasteiger partial charge in [0.1, 0.15) is 0 Å². The lowest BCUT2D eigenvalue weighted by atomic mass is 9.50. The molecule has 8 unspecified atom stereocenters. The second-order valence-electron chi connectivity index (χ2n) is 14.2. The van der Waals surface area contributed by atoms with Crippen LogP contribution in [0.5, 0.6) is 0 Å². The van der Waals surface area contributed by atoms with Gasteiger partial charge in [-0.25, -0.2) is 0 Å². The van der Waals surface area contributed by atoms with Gasteiger partial charge < -0.3 is 10.4 Å². The van der Waals surface area contributed by atoms with Gasteiger partial charge in [-0.2, -0.15) is 0 Å². The van der Waals surface area contributed by atoms with Crippen LogP contribution in [-0.4, -0.2) is 24.3 Å². The second kappa shape index (κ2) is 11.5. The van der Waals surface area contributed by atoms with E-state index in [1.807, 2.05) is 0 Å². The van der Waals surface area contributed by atoms with Crippen LogP contribution in [0.2, 0.25) is 0 Å². The first kappa shape index (κ1) is 28.5. The maximum absolute atomic E-state index is 11.4. The fourth-order valence-electron chi connectivity index (χ4n) is 9.12. The van der Waals surface area contributed by atoms with Crippen molar-refractivity contribution in [3.05, 3.63) is 0 Å². The summed E-state index contributed by atoms with van der Waals surface area (Å²) in [4.78, 5) is 0. The number of rotatable bonds is 8. The minimum atomic E-state index is -0.0796. The third kappa shape index (κ3) is 5.74. The average Bonchev–Trinajstić information content (AvgIpc) is 2.80. The van der Waals surface area contributed by atoms with Crippen molar-refractivity contribution < 1.29 is 5.11 Å². The molecule has 2 heteroatoms. The normalized spacial score (nSPS) is 38.7. The van der Waals surface area contributed by atoms with E-state index < -0.39 is 0 Å². The molecule has 0 bridgehead atoms. The molecule has 0 spiro atoms. The molecule has 0 aromatic rings. The van der Waals surface area contributed by atoms with Crippen LogP contribution in [-0.2, 0) is 0 Å².